The summed E-state index contributed by atoms with van der Waals surface area (Å²) < 4.78 is 0. The minimum Gasteiger partial charge on any atom is -0.384 e. The summed E-state index contributed by atoms with van der Waals surface area (Å²) in [4.78, 5) is 12.6. The Hall–Kier alpha value is -1.50. The molecule has 0 unspecified atom stereocenters. The van der Waals surface area contributed by atoms with Crippen LogP contribution in [0.1, 0.15) is 44.6 Å². The Morgan fingerprint density at radius 1 is 1.43 bits per heavy atom. The van der Waals surface area contributed by atoms with Crippen LogP contribution in [0.3, 0.4) is 0 Å². The fraction of sp³-hybridized carbons (Fsp3) is 0.471. The van der Waals surface area contributed by atoms with Crippen LogP contribution in [0.15, 0.2) is 18.2 Å². The molecular weight excluding hydrogens is 286 g/mol. The number of nitrogens with one attached hydrogen (secondary N) is 1. The van der Waals surface area contributed by atoms with Crippen molar-refractivity contribution in [3.8, 4) is 11.8 Å². The van der Waals surface area contributed by atoms with Gasteiger partial charge in [-0.05, 0) is 37.5 Å². The molecule has 1 aromatic carbocycles. The van der Waals surface area contributed by atoms with Crippen LogP contribution in [0, 0.1) is 17.3 Å². The minimum atomic E-state index is -0.254. The lowest BCUT2D eigenvalue weighted by Crippen LogP contribution is -2.33. The molecule has 0 heterocycles. The molecule has 2 N–H and O–H groups in total. The molecule has 1 fully saturated rings. The van der Waals surface area contributed by atoms with Crippen molar-refractivity contribution in [2.75, 3.05) is 11.9 Å². The number of benzene rings is 1. The van der Waals surface area contributed by atoms with Crippen LogP contribution in [-0.4, -0.2) is 17.6 Å². The van der Waals surface area contributed by atoms with Gasteiger partial charge < -0.3 is 10.4 Å². The smallest absolute Gasteiger partial charge is 0.230 e. The molecule has 2 rings (SSSR count). The van der Waals surface area contributed by atoms with E-state index in [1.807, 2.05) is 0 Å². The molecule has 112 valence electrons. The Balaban J connectivity index is 2.20. The summed E-state index contributed by atoms with van der Waals surface area (Å²) in [6, 6.07) is 5.23. The Morgan fingerprint density at radius 3 is 2.76 bits per heavy atom. The molecule has 0 spiro atoms. The molecule has 1 amide bonds. The third kappa shape index (κ3) is 3.58. The second-order valence-corrected chi connectivity index (χ2v) is 5.86. The third-order valence-corrected chi connectivity index (χ3v) is 4.58. The van der Waals surface area contributed by atoms with E-state index in [-0.39, 0.29) is 17.9 Å². The molecule has 3 nitrogen and oxygen atoms in total. The molecular formula is C17H20ClNO2. The van der Waals surface area contributed by atoms with Gasteiger partial charge in [0.25, 0.3) is 0 Å². The quantitative estimate of drug-likeness (QED) is 0.838. The van der Waals surface area contributed by atoms with Crippen LogP contribution in [0.25, 0.3) is 0 Å². The lowest BCUT2D eigenvalue weighted by Gasteiger charge is -2.26. The molecule has 0 bridgehead atoms. The van der Waals surface area contributed by atoms with E-state index < -0.39 is 0 Å². The third-order valence-electron chi connectivity index (χ3n) is 4.25. The monoisotopic (exact) mass is 305 g/mol. The van der Waals surface area contributed by atoms with Gasteiger partial charge in [-0.3, -0.25) is 4.79 Å². The van der Waals surface area contributed by atoms with E-state index in [0.29, 0.717) is 10.7 Å². The van der Waals surface area contributed by atoms with Crippen LogP contribution in [0.4, 0.5) is 5.69 Å². The molecule has 4 heteroatoms. The van der Waals surface area contributed by atoms with E-state index in [2.05, 4.69) is 24.1 Å². The summed E-state index contributed by atoms with van der Waals surface area (Å²) >= 11 is 6.16. The fourth-order valence-electron chi connectivity index (χ4n) is 2.89. The van der Waals surface area contributed by atoms with Crippen molar-refractivity contribution in [3.05, 3.63) is 28.8 Å². The van der Waals surface area contributed by atoms with Gasteiger partial charge in [0.2, 0.25) is 5.91 Å². The molecule has 1 aliphatic rings. The van der Waals surface area contributed by atoms with Crippen LogP contribution in [0.5, 0.6) is 0 Å². The zero-order valence-electron chi connectivity index (χ0n) is 12.2. The lowest BCUT2D eigenvalue weighted by molar-refractivity contribution is -0.125. The van der Waals surface area contributed by atoms with E-state index in [4.69, 9.17) is 16.7 Å². The predicted molar refractivity (Wildman–Crippen MR) is 85.2 cm³/mol. The Morgan fingerprint density at radius 2 is 2.14 bits per heavy atom. The highest BCUT2D eigenvalue weighted by Crippen LogP contribution is 2.42. The number of rotatable bonds is 3. The van der Waals surface area contributed by atoms with Gasteiger partial charge in [0, 0.05) is 11.0 Å². The van der Waals surface area contributed by atoms with Gasteiger partial charge in [0.15, 0.2) is 0 Å². The molecule has 0 aliphatic heterocycles. The number of anilines is 1. The van der Waals surface area contributed by atoms with Gasteiger partial charge in [-0.1, -0.05) is 43.2 Å². The molecule has 0 radical (unpaired) electrons. The van der Waals surface area contributed by atoms with E-state index in [1.54, 1.807) is 18.2 Å². The highest BCUT2D eigenvalue weighted by atomic mass is 35.5. The van der Waals surface area contributed by atoms with Crippen molar-refractivity contribution in [1.82, 2.24) is 0 Å². The molecule has 21 heavy (non-hydrogen) atoms. The summed E-state index contributed by atoms with van der Waals surface area (Å²) in [5.41, 5.74) is 1.06. The molecule has 0 saturated heterocycles. The number of hydrogen-bond donors (Lipinski definition) is 2. The van der Waals surface area contributed by atoms with Gasteiger partial charge in [0.05, 0.1) is 10.7 Å². The maximum atomic E-state index is 12.6. The minimum absolute atomic E-state index is 0.0525. The van der Waals surface area contributed by atoms with Gasteiger partial charge in [0.1, 0.15) is 6.61 Å². The number of carbonyl (C=O) groups is 1. The number of aliphatic hydroxyl groups is 1. The summed E-state index contributed by atoms with van der Waals surface area (Å²) in [6.45, 7) is 1.87. The average Bonchev–Trinajstić information content (AvgIpc) is 2.98. The summed E-state index contributed by atoms with van der Waals surface area (Å²) in [6.07, 6.45) is 4.95. The number of hydrogen-bond acceptors (Lipinski definition) is 2. The molecule has 1 aliphatic carbocycles. The standard InChI is InChI=1S/C17H20ClNO2/c1-2-17(9-3-4-10-17)16(21)19-15-12-13(6-5-11-20)7-8-14(15)18/h7-8,12,20H,2-4,9-11H2,1H3,(H,19,21). The molecule has 1 saturated carbocycles. The van der Waals surface area contributed by atoms with Crippen molar-refractivity contribution in [1.29, 1.82) is 0 Å². The summed E-state index contributed by atoms with van der Waals surface area (Å²) in [5, 5.41) is 12.2. The average molecular weight is 306 g/mol. The second-order valence-electron chi connectivity index (χ2n) is 5.45. The largest absolute Gasteiger partial charge is 0.384 e. The molecule has 1 aromatic rings. The summed E-state index contributed by atoms with van der Waals surface area (Å²) in [7, 11) is 0. The zero-order chi connectivity index (χ0) is 15.3. The van der Waals surface area contributed by atoms with Crippen LogP contribution in [-0.2, 0) is 4.79 Å². The number of amides is 1. The maximum Gasteiger partial charge on any atom is 0.230 e. The SMILES string of the molecule is CCC1(C(=O)Nc2cc(C#CCO)ccc2Cl)CCCC1. The zero-order valence-corrected chi connectivity index (χ0v) is 13.0. The maximum absolute atomic E-state index is 12.6. The second kappa shape index (κ2) is 6.98. The van der Waals surface area contributed by atoms with E-state index in [9.17, 15) is 4.79 Å². The fourth-order valence-corrected chi connectivity index (χ4v) is 3.05. The Bertz CT molecular complexity index is 580. The van der Waals surface area contributed by atoms with Crippen molar-refractivity contribution in [2.24, 2.45) is 5.41 Å². The van der Waals surface area contributed by atoms with E-state index >= 15 is 0 Å². The highest BCUT2D eigenvalue weighted by molar-refractivity contribution is 6.33. The van der Waals surface area contributed by atoms with Crippen molar-refractivity contribution in [2.45, 2.75) is 39.0 Å². The lowest BCUT2D eigenvalue weighted by atomic mass is 9.82. The van der Waals surface area contributed by atoms with Crippen molar-refractivity contribution >= 4 is 23.2 Å². The van der Waals surface area contributed by atoms with Crippen LogP contribution < -0.4 is 5.32 Å². The molecule has 0 atom stereocenters. The predicted octanol–water partition coefficient (Wildman–Crippen LogP) is 3.59. The molecule has 0 aromatic heterocycles. The van der Waals surface area contributed by atoms with Gasteiger partial charge in [-0.25, -0.2) is 0 Å². The normalized spacial score (nSPS) is 16.1. The Kier molecular flexibility index (Phi) is 5.27. The number of halogens is 1. The van der Waals surface area contributed by atoms with Gasteiger partial charge >= 0.3 is 0 Å². The van der Waals surface area contributed by atoms with E-state index in [1.165, 1.54) is 0 Å². The summed E-state index contributed by atoms with van der Waals surface area (Å²) in [5.74, 6) is 5.46. The first-order valence-corrected chi connectivity index (χ1v) is 7.70. The van der Waals surface area contributed by atoms with Gasteiger partial charge in [-0.2, -0.15) is 0 Å². The van der Waals surface area contributed by atoms with Gasteiger partial charge in [-0.15, -0.1) is 0 Å². The van der Waals surface area contributed by atoms with Crippen molar-refractivity contribution in [3.63, 3.8) is 0 Å². The first-order chi connectivity index (χ1) is 10.1. The van der Waals surface area contributed by atoms with E-state index in [0.717, 1.165) is 37.7 Å². The Labute approximate surface area is 130 Å². The first-order valence-electron chi connectivity index (χ1n) is 7.32. The van der Waals surface area contributed by atoms with Crippen LogP contribution in [0.2, 0.25) is 5.02 Å². The number of aliphatic hydroxyl groups excluding tert-OH is 1. The van der Waals surface area contributed by atoms with Crippen molar-refractivity contribution < 1.29 is 9.90 Å². The highest BCUT2D eigenvalue weighted by Gasteiger charge is 2.39. The first kappa shape index (κ1) is 15.9. The topological polar surface area (TPSA) is 49.3 Å². The number of carbonyl (C=O) groups excluding carboxylic acids is 1. The van der Waals surface area contributed by atoms with Crippen LogP contribution >= 0.6 is 11.6 Å².